The summed E-state index contributed by atoms with van der Waals surface area (Å²) in [5.41, 5.74) is 1.33. The van der Waals surface area contributed by atoms with Gasteiger partial charge in [-0.3, -0.25) is 4.79 Å². The van der Waals surface area contributed by atoms with Crippen molar-refractivity contribution in [1.29, 1.82) is 0 Å². The molecule has 0 saturated carbocycles. The maximum absolute atomic E-state index is 13.1. The van der Waals surface area contributed by atoms with Gasteiger partial charge in [0, 0.05) is 12.1 Å². The highest BCUT2D eigenvalue weighted by Crippen LogP contribution is 2.22. The monoisotopic (exact) mass is 313 g/mol. The van der Waals surface area contributed by atoms with Gasteiger partial charge in [0.1, 0.15) is 17.4 Å². The van der Waals surface area contributed by atoms with Crippen molar-refractivity contribution in [2.75, 3.05) is 0 Å². The van der Waals surface area contributed by atoms with Crippen molar-refractivity contribution < 1.29 is 18.0 Å². The van der Waals surface area contributed by atoms with E-state index in [0.717, 1.165) is 0 Å². The molecule has 3 nitrogen and oxygen atoms in total. The Hall–Kier alpha value is -2.95. The molecule has 0 unspecified atom stereocenters. The molecule has 0 atom stereocenters. The molecule has 0 aliphatic rings. The number of rotatable bonds is 4. The van der Waals surface area contributed by atoms with Gasteiger partial charge in [-0.2, -0.15) is 0 Å². The molecule has 0 saturated heterocycles. The molecule has 1 amide bonds. The first-order valence-electron chi connectivity index (χ1n) is 7.00. The molecule has 3 aromatic rings. The van der Waals surface area contributed by atoms with E-state index in [4.69, 9.17) is 4.42 Å². The molecule has 0 bridgehead atoms. The summed E-state index contributed by atoms with van der Waals surface area (Å²) in [7, 11) is 0. The van der Waals surface area contributed by atoms with Gasteiger partial charge in [-0.25, -0.2) is 8.78 Å². The van der Waals surface area contributed by atoms with Crippen LogP contribution in [0.5, 0.6) is 0 Å². The Balaban J connectivity index is 1.67. The molecule has 1 aromatic heterocycles. The predicted octanol–water partition coefficient (Wildman–Crippen LogP) is 4.15. The average Bonchev–Trinajstić information content (AvgIpc) is 3.03. The second kappa shape index (κ2) is 6.44. The maximum Gasteiger partial charge on any atom is 0.287 e. The van der Waals surface area contributed by atoms with E-state index in [0.29, 0.717) is 16.9 Å². The highest BCUT2D eigenvalue weighted by molar-refractivity contribution is 5.92. The summed E-state index contributed by atoms with van der Waals surface area (Å²) in [4.78, 5) is 12.0. The van der Waals surface area contributed by atoms with Crippen LogP contribution in [0.4, 0.5) is 8.78 Å². The molecule has 0 radical (unpaired) electrons. The maximum atomic E-state index is 13.1. The number of nitrogens with one attached hydrogen (secondary N) is 1. The van der Waals surface area contributed by atoms with Gasteiger partial charge in [0.15, 0.2) is 5.76 Å². The zero-order valence-corrected chi connectivity index (χ0v) is 12.1. The van der Waals surface area contributed by atoms with E-state index in [9.17, 15) is 13.6 Å². The van der Waals surface area contributed by atoms with Gasteiger partial charge >= 0.3 is 0 Å². The lowest BCUT2D eigenvalue weighted by Crippen LogP contribution is -2.22. The molecule has 23 heavy (non-hydrogen) atoms. The van der Waals surface area contributed by atoms with Crippen molar-refractivity contribution in [2.24, 2.45) is 0 Å². The largest absolute Gasteiger partial charge is 0.451 e. The Labute approximate surface area is 131 Å². The molecular weight excluding hydrogens is 300 g/mol. The summed E-state index contributed by atoms with van der Waals surface area (Å²) in [5.74, 6) is -0.481. The normalized spacial score (nSPS) is 10.5. The van der Waals surface area contributed by atoms with Crippen LogP contribution in [0.15, 0.2) is 65.1 Å². The van der Waals surface area contributed by atoms with E-state index in [1.165, 1.54) is 24.3 Å². The van der Waals surface area contributed by atoms with Crippen molar-refractivity contribution in [2.45, 2.75) is 6.54 Å². The van der Waals surface area contributed by atoms with Gasteiger partial charge in [0.25, 0.3) is 5.91 Å². The summed E-state index contributed by atoms with van der Waals surface area (Å²) >= 11 is 0. The van der Waals surface area contributed by atoms with Crippen molar-refractivity contribution in [3.8, 4) is 11.3 Å². The topological polar surface area (TPSA) is 42.2 Å². The molecule has 0 spiro atoms. The van der Waals surface area contributed by atoms with Gasteiger partial charge in [0.05, 0.1) is 0 Å². The smallest absolute Gasteiger partial charge is 0.287 e. The highest BCUT2D eigenvalue weighted by Gasteiger charge is 2.12. The second-order valence-corrected chi connectivity index (χ2v) is 4.98. The van der Waals surface area contributed by atoms with Crippen LogP contribution in [0.1, 0.15) is 16.1 Å². The standard InChI is InChI=1S/C18H13F2NO2/c19-14-6-4-13(5-7-14)16-8-9-17(23-16)18(22)21-11-12-2-1-3-15(20)10-12/h1-10H,11H2,(H,21,22). The Morgan fingerprint density at radius 2 is 1.74 bits per heavy atom. The Kier molecular flexibility index (Phi) is 4.19. The summed E-state index contributed by atoms with van der Waals surface area (Å²) in [6, 6.07) is 15.0. The number of carbonyl (C=O) groups is 1. The van der Waals surface area contributed by atoms with E-state index in [2.05, 4.69) is 5.32 Å². The van der Waals surface area contributed by atoms with Crippen LogP contribution in [0.2, 0.25) is 0 Å². The number of halogens is 2. The molecule has 1 N–H and O–H groups in total. The Morgan fingerprint density at radius 3 is 2.48 bits per heavy atom. The highest BCUT2D eigenvalue weighted by atomic mass is 19.1. The minimum Gasteiger partial charge on any atom is -0.451 e. The van der Waals surface area contributed by atoms with Crippen molar-refractivity contribution >= 4 is 5.91 Å². The molecule has 2 aromatic carbocycles. The van der Waals surface area contributed by atoms with Crippen LogP contribution in [-0.2, 0) is 6.54 Å². The van der Waals surface area contributed by atoms with Gasteiger partial charge in [-0.05, 0) is 54.1 Å². The van der Waals surface area contributed by atoms with Gasteiger partial charge in [-0.15, -0.1) is 0 Å². The van der Waals surface area contributed by atoms with E-state index in [-0.39, 0.29) is 23.9 Å². The number of carbonyl (C=O) groups excluding carboxylic acids is 1. The van der Waals surface area contributed by atoms with E-state index in [1.54, 1.807) is 36.4 Å². The second-order valence-electron chi connectivity index (χ2n) is 4.98. The zero-order valence-electron chi connectivity index (χ0n) is 12.1. The molecule has 1 heterocycles. The van der Waals surface area contributed by atoms with Crippen LogP contribution in [0.3, 0.4) is 0 Å². The van der Waals surface area contributed by atoms with Gasteiger partial charge in [0.2, 0.25) is 0 Å². The lowest BCUT2D eigenvalue weighted by atomic mass is 10.2. The van der Waals surface area contributed by atoms with Gasteiger partial charge in [-0.1, -0.05) is 12.1 Å². The predicted molar refractivity (Wildman–Crippen MR) is 81.7 cm³/mol. The van der Waals surface area contributed by atoms with E-state index >= 15 is 0 Å². The minimum absolute atomic E-state index is 0.140. The lowest BCUT2D eigenvalue weighted by molar-refractivity contribution is 0.0924. The SMILES string of the molecule is O=C(NCc1cccc(F)c1)c1ccc(-c2ccc(F)cc2)o1. The third-order valence-corrected chi connectivity index (χ3v) is 3.30. The summed E-state index contributed by atoms with van der Waals surface area (Å²) in [5, 5.41) is 2.66. The third-order valence-electron chi connectivity index (χ3n) is 3.30. The molecular formula is C18H13F2NO2. The van der Waals surface area contributed by atoms with Gasteiger partial charge < -0.3 is 9.73 Å². The number of hydrogen-bond donors (Lipinski definition) is 1. The zero-order chi connectivity index (χ0) is 16.2. The van der Waals surface area contributed by atoms with Crippen molar-refractivity contribution in [3.05, 3.63) is 83.6 Å². The molecule has 116 valence electrons. The van der Waals surface area contributed by atoms with Crippen LogP contribution < -0.4 is 5.32 Å². The molecule has 0 aliphatic carbocycles. The molecule has 5 heteroatoms. The third kappa shape index (κ3) is 3.63. The Morgan fingerprint density at radius 1 is 0.957 bits per heavy atom. The van der Waals surface area contributed by atoms with E-state index in [1.807, 2.05) is 0 Å². The molecule has 3 rings (SSSR count). The lowest BCUT2D eigenvalue weighted by Gasteiger charge is -2.03. The minimum atomic E-state index is -0.400. The molecule has 0 fully saturated rings. The van der Waals surface area contributed by atoms with Crippen molar-refractivity contribution in [3.63, 3.8) is 0 Å². The summed E-state index contributed by atoms with van der Waals surface area (Å²) < 4.78 is 31.5. The Bertz CT molecular complexity index is 825. The number of amides is 1. The van der Waals surface area contributed by atoms with Crippen molar-refractivity contribution in [1.82, 2.24) is 5.32 Å². The van der Waals surface area contributed by atoms with Crippen LogP contribution >= 0.6 is 0 Å². The summed E-state index contributed by atoms with van der Waals surface area (Å²) in [6.45, 7) is 0.198. The number of furan rings is 1. The first-order valence-corrected chi connectivity index (χ1v) is 7.00. The first kappa shape index (κ1) is 15.0. The van der Waals surface area contributed by atoms with Crippen LogP contribution in [0.25, 0.3) is 11.3 Å². The fraction of sp³-hybridized carbons (Fsp3) is 0.0556. The first-order chi connectivity index (χ1) is 11.1. The number of benzene rings is 2. The number of hydrogen-bond acceptors (Lipinski definition) is 2. The quantitative estimate of drug-likeness (QED) is 0.786. The fourth-order valence-electron chi connectivity index (χ4n) is 2.15. The van der Waals surface area contributed by atoms with Crippen LogP contribution in [0, 0.1) is 11.6 Å². The fourth-order valence-corrected chi connectivity index (χ4v) is 2.15. The summed E-state index contributed by atoms with van der Waals surface area (Å²) in [6.07, 6.45) is 0. The average molecular weight is 313 g/mol. The van der Waals surface area contributed by atoms with E-state index < -0.39 is 5.91 Å². The molecule has 0 aliphatic heterocycles. The van der Waals surface area contributed by atoms with Crippen LogP contribution in [-0.4, -0.2) is 5.91 Å².